The summed E-state index contributed by atoms with van der Waals surface area (Å²) in [5.74, 6) is 0. The number of alkyl halides is 4. The highest BCUT2D eigenvalue weighted by Gasteiger charge is 2.28. The number of hydrogen-bond acceptors (Lipinski definition) is 6. The van der Waals surface area contributed by atoms with Crippen molar-refractivity contribution in [2.45, 2.75) is 21.5 Å². The molecule has 0 fully saturated rings. The van der Waals surface area contributed by atoms with Crippen LogP contribution in [-0.2, 0) is 0 Å². The standard InChI is InChI=1S/C24H18Cl4N4O4/c25-21(23(27)17-7-1-13(11-29)9-19(17)31(33)34)15-3-5-16(6-4-15)22(26)24(28)18-8-2-14(12-30)10-20(18)32(35)36/h1-10,21-24,31-33,35H. The fourth-order valence-electron chi connectivity index (χ4n) is 3.62. The number of nitrogens with zero attached hydrogens (tertiary/aromatic N) is 2. The monoisotopic (exact) mass is 566 g/mol. The molecule has 6 atom stereocenters. The van der Waals surface area contributed by atoms with Crippen molar-refractivity contribution < 1.29 is 20.9 Å². The molecule has 0 aliphatic rings. The Morgan fingerprint density at radius 1 is 0.611 bits per heavy atom. The van der Waals surface area contributed by atoms with Gasteiger partial charge in [-0.15, -0.1) is 46.4 Å². The summed E-state index contributed by atoms with van der Waals surface area (Å²) in [5.41, 5.74) is 1.86. The lowest BCUT2D eigenvalue weighted by molar-refractivity contribution is -0.991. The van der Waals surface area contributed by atoms with Crippen LogP contribution in [0.4, 0.5) is 11.4 Å². The molecule has 0 aliphatic heterocycles. The Bertz CT molecular complexity index is 1210. The summed E-state index contributed by atoms with van der Waals surface area (Å²) in [4.78, 5) is 0. The number of nitriles is 2. The quantitative estimate of drug-likeness (QED) is 0.228. The van der Waals surface area contributed by atoms with E-state index in [4.69, 9.17) is 56.9 Å². The first-order valence-corrected chi connectivity index (χ1v) is 12.0. The van der Waals surface area contributed by atoms with Gasteiger partial charge >= 0.3 is 0 Å². The van der Waals surface area contributed by atoms with Gasteiger partial charge in [-0.05, 0) is 23.3 Å². The Kier molecular flexibility index (Phi) is 9.53. The first-order chi connectivity index (χ1) is 17.1. The fraction of sp³-hybridized carbons (Fsp3) is 0.167. The molecule has 3 aromatic carbocycles. The molecular formula is C24H18Cl4N4O4. The Morgan fingerprint density at radius 3 is 1.22 bits per heavy atom. The van der Waals surface area contributed by atoms with Crippen molar-refractivity contribution in [1.82, 2.24) is 0 Å². The zero-order valence-corrected chi connectivity index (χ0v) is 21.2. The fourth-order valence-corrected chi connectivity index (χ4v) is 4.85. The molecule has 0 saturated carbocycles. The number of benzene rings is 3. The maximum Gasteiger partial charge on any atom is 0.169 e. The van der Waals surface area contributed by atoms with Gasteiger partial charge in [0.2, 0.25) is 0 Å². The minimum absolute atomic E-state index is 0.112. The smallest absolute Gasteiger partial charge is 0.169 e. The Hall–Kier alpha value is -2.44. The van der Waals surface area contributed by atoms with Crippen LogP contribution in [0.25, 0.3) is 0 Å². The van der Waals surface area contributed by atoms with Crippen LogP contribution < -0.4 is 10.5 Å². The highest BCUT2D eigenvalue weighted by atomic mass is 35.5. The molecule has 3 rings (SSSR count). The Labute approximate surface area is 226 Å². The van der Waals surface area contributed by atoms with Crippen LogP contribution in [0.2, 0.25) is 0 Å². The van der Waals surface area contributed by atoms with E-state index < -0.39 is 32.0 Å². The summed E-state index contributed by atoms with van der Waals surface area (Å²) in [6, 6.07) is 18.8. The van der Waals surface area contributed by atoms with Crippen LogP contribution in [0, 0.1) is 33.1 Å². The maximum atomic E-state index is 11.7. The first kappa shape index (κ1) is 28.1. The molecule has 0 bridgehead atoms. The predicted octanol–water partition coefficient (Wildman–Crippen LogP) is 4.76. The second-order valence-corrected chi connectivity index (χ2v) is 9.59. The van der Waals surface area contributed by atoms with E-state index in [0.29, 0.717) is 11.1 Å². The SMILES string of the molecule is N#Cc1ccc(C(Cl)C(Cl)c2ccc(C(Cl)C(Cl)c3ccc(C#N)cc3[NH+]([O-])O)cc2)c([NH+]([O-])O)c1. The molecule has 6 unspecified atom stereocenters. The molecule has 0 radical (unpaired) electrons. The van der Waals surface area contributed by atoms with Gasteiger partial charge in [0.25, 0.3) is 0 Å². The van der Waals surface area contributed by atoms with Crippen LogP contribution in [0.5, 0.6) is 0 Å². The Morgan fingerprint density at radius 2 is 0.944 bits per heavy atom. The molecule has 0 heterocycles. The lowest BCUT2D eigenvalue weighted by atomic mass is 9.97. The van der Waals surface area contributed by atoms with Gasteiger partial charge < -0.3 is 10.4 Å². The lowest BCUT2D eigenvalue weighted by Crippen LogP contribution is -2.99. The van der Waals surface area contributed by atoms with E-state index in [2.05, 4.69) is 0 Å². The molecule has 0 spiro atoms. The normalized spacial score (nSPS) is 16.2. The zero-order valence-electron chi connectivity index (χ0n) is 18.2. The van der Waals surface area contributed by atoms with E-state index in [-0.39, 0.29) is 33.6 Å². The third kappa shape index (κ3) is 6.09. The van der Waals surface area contributed by atoms with Crippen LogP contribution in [0.3, 0.4) is 0 Å². The van der Waals surface area contributed by atoms with Gasteiger partial charge in [-0.1, -0.05) is 36.4 Å². The average molecular weight is 568 g/mol. The summed E-state index contributed by atoms with van der Waals surface area (Å²) < 4.78 is 0. The topological polar surface area (TPSA) is 143 Å². The highest BCUT2D eigenvalue weighted by Crippen LogP contribution is 2.44. The largest absolute Gasteiger partial charge is 0.595 e. The third-order valence-electron chi connectivity index (χ3n) is 5.51. The molecule has 8 nitrogen and oxygen atoms in total. The molecule has 0 aliphatic carbocycles. The molecule has 36 heavy (non-hydrogen) atoms. The van der Waals surface area contributed by atoms with Gasteiger partial charge in [-0.3, -0.25) is 0 Å². The van der Waals surface area contributed by atoms with Gasteiger partial charge in [-0.2, -0.15) is 21.0 Å². The number of quaternary nitrogens is 2. The summed E-state index contributed by atoms with van der Waals surface area (Å²) >= 11 is 26.2. The van der Waals surface area contributed by atoms with E-state index in [0.717, 1.165) is 0 Å². The molecule has 12 heteroatoms. The van der Waals surface area contributed by atoms with E-state index in [1.807, 2.05) is 12.1 Å². The molecule has 3 aromatic rings. The van der Waals surface area contributed by atoms with Crippen LogP contribution in [0.1, 0.15) is 54.9 Å². The van der Waals surface area contributed by atoms with Crippen molar-refractivity contribution in [3.8, 4) is 12.1 Å². The average Bonchev–Trinajstić information content (AvgIpc) is 2.90. The van der Waals surface area contributed by atoms with E-state index >= 15 is 0 Å². The molecule has 186 valence electrons. The van der Waals surface area contributed by atoms with Crippen LogP contribution in [0.15, 0.2) is 60.7 Å². The van der Waals surface area contributed by atoms with Crippen LogP contribution in [-0.4, -0.2) is 10.4 Å². The number of halogens is 4. The van der Waals surface area contributed by atoms with E-state index in [1.54, 1.807) is 24.3 Å². The van der Waals surface area contributed by atoms with Crippen LogP contribution >= 0.6 is 46.4 Å². The van der Waals surface area contributed by atoms with Crippen molar-refractivity contribution in [1.29, 1.82) is 10.5 Å². The summed E-state index contributed by atoms with van der Waals surface area (Å²) in [6.07, 6.45) is 0. The van der Waals surface area contributed by atoms with Gasteiger partial charge in [0, 0.05) is 23.3 Å². The van der Waals surface area contributed by atoms with Crippen molar-refractivity contribution in [2.75, 3.05) is 0 Å². The molecule has 4 N–H and O–H groups in total. The summed E-state index contributed by atoms with van der Waals surface area (Å²) in [7, 11) is 0. The van der Waals surface area contributed by atoms with Crippen molar-refractivity contribution >= 4 is 57.8 Å². The van der Waals surface area contributed by atoms with Crippen molar-refractivity contribution in [3.63, 3.8) is 0 Å². The van der Waals surface area contributed by atoms with E-state index in [1.165, 1.54) is 36.4 Å². The number of hydrogen-bond donors (Lipinski definition) is 4. The summed E-state index contributed by atoms with van der Waals surface area (Å²) in [6.45, 7) is 0. The maximum absolute atomic E-state index is 11.7. The Balaban J connectivity index is 1.84. The minimum Gasteiger partial charge on any atom is -0.595 e. The van der Waals surface area contributed by atoms with E-state index in [9.17, 15) is 20.8 Å². The third-order valence-corrected chi connectivity index (χ3v) is 7.75. The van der Waals surface area contributed by atoms with Gasteiger partial charge in [-0.25, -0.2) is 10.4 Å². The van der Waals surface area contributed by atoms with Crippen molar-refractivity contribution in [3.05, 3.63) is 104 Å². The number of nitrogens with one attached hydrogen (secondary N) is 2. The van der Waals surface area contributed by atoms with Gasteiger partial charge in [0.1, 0.15) is 0 Å². The minimum atomic E-state index is -1.23. The number of rotatable bonds is 8. The second kappa shape index (κ2) is 12.2. The molecule has 0 saturated heterocycles. The molecular weight excluding hydrogens is 550 g/mol. The molecule has 0 amide bonds. The lowest BCUT2D eigenvalue weighted by Gasteiger charge is -2.23. The summed E-state index contributed by atoms with van der Waals surface area (Å²) in [5, 5.41) is 54.5. The predicted molar refractivity (Wildman–Crippen MR) is 135 cm³/mol. The highest BCUT2D eigenvalue weighted by molar-refractivity contribution is 6.31. The van der Waals surface area contributed by atoms with Gasteiger partial charge in [0.05, 0.1) is 44.8 Å². The van der Waals surface area contributed by atoms with Gasteiger partial charge in [0.15, 0.2) is 11.4 Å². The second-order valence-electron chi connectivity index (χ2n) is 7.71. The van der Waals surface area contributed by atoms with Crippen molar-refractivity contribution in [2.24, 2.45) is 0 Å². The first-order valence-electron chi connectivity index (χ1n) is 10.3. The molecule has 0 aromatic heterocycles. The zero-order chi connectivity index (χ0) is 26.6.